The van der Waals surface area contributed by atoms with Gasteiger partial charge in [0, 0.05) is 12.8 Å². The number of carbonyl (C=O) groups excluding carboxylic acids is 2. The summed E-state index contributed by atoms with van der Waals surface area (Å²) in [4.78, 5) is 23.9. The maximum absolute atomic E-state index is 11.9. The molecule has 0 N–H and O–H groups in total. The summed E-state index contributed by atoms with van der Waals surface area (Å²) in [5, 5.41) is 0. The van der Waals surface area contributed by atoms with Crippen LogP contribution in [0.15, 0.2) is 11.6 Å². The van der Waals surface area contributed by atoms with Crippen molar-refractivity contribution < 1.29 is 9.59 Å². The molecule has 0 unspecified atom stereocenters. The Kier molecular flexibility index (Phi) is 2.14. The maximum atomic E-state index is 11.9. The lowest BCUT2D eigenvalue weighted by atomic mass is 9.63. The van der Waals surface area contributed by atoms with Crippen molar-refractivity contribution in [3.8, 4) is 0 Å². The van der Waals surface area contributed by atoms with Crippen molar-refractivity contribution in [2.45, 2.75) is 46.5 Å². The molecule has 0 aromatic rings. The van der Waals surface area contributed by atoms with Crippen LogP contribution in [0.5, 0.6) is 0 Å². The molecule has 0 aliphatic heterocycles. The molecule has 0 bridgehead atoms. The lowest BCUT2D eigenvalue weighted by Gasteiger charge is -2.38. The van der Waals surface area contributed by atoms with Crippen molar-refractivity contribution >= 4 is 11.6 Å². The number of allylic oxidation sites excluding steroid dienone is 2. The standard InChI is InChI=1S/C13H18O2/c1-9-6-12(2,3)8-13(7-9)10(14)4-5-11(13)15/h7H,4-6,8H2,1-3H3. The summed E-state index contributed by atoms with van der Waals surface area (Å²) in [6, 6.07) is 0. The Bertz CT molecular complexity index is 345. The van der Waals surface area contributed by atoms with Gasteiger partial charge in [-0.05, 0) is 25.2 Å². The zero-order valence-electron chi connectivity index (χ0n) is 9.72. The normalized spacial score (nSPS) is 28.3. The minimum absolute atomic E-state index is 0.0779. The second-order valence-electron chi connectivity index (χ2n) is 5.83. The molecule has 1 saturated carbocycles. The van der Waals surface area contributed by atoms with Gasteiger partial charge in [-0.1, -0.05) is 25.5 Å². The van der Waals surface area contributed by atoms with Crippen LogP contribution in [0.3, 0.4) is 0 Å². The highest BCUT2D eigenvalue weighted by molar-refractivity contribution is 6.14. The lowest BCUT2D eigenvalue weighted by molar-refractivity contribution is -0.134. The van der Waals surface area contributed by atoms with E-state index in [-0.39, 0.29) is 17.0 Å². The van der Waals surface area contributed by atoms with Crippen LogP contribution in [0.25, 0.3) is 0 Å². The van der Waals surface area contributed by atoms with E-state index < -0.39 is 5.41 Å². The molecule has 2 nitrogen and oxygen atoms in total. The van der Waals surface area contributed by atoms with Crippen molar-refractivity contribution in [1.29, 1.82) is 0 Å². The van der Waals surface area contributed by atoms with Gasteiger partial charge in [-0.25, -0.2) is 0 Å². The molecule has 0 aromatic carbocycles. The van der Waals surface area contributed by atoms with Crippen molar-refractivity contribution in [2.75, 3.05) is 0 Å². The van der Waals surface area contributed by atoms with Crippen LogP contribution < -0.4 is 0 Å². The molecular formula is C13H18O2. The van der Waals surface area contributed by atoms with Crippen molar-refractivity contribution in [3.05, 3.63) is 11.6 Å². The van der Waals surface area contributed by atoms with Crippen molar-refractivity contribution in [1.82, 2.24) is 0 Å². The summed E-state index contributed by atoms with van der Waals surface area (Å²) in [6.45, 7) is 6.32. The smallest absolute Gasteiger partial charge is 0.150 e. The Morgan fingerprint density at radius 2 is 1.67 bits per heavy atom. The number of hydrogen-bond donors (Lipinski definition) is 0. The van der Waals surface area contributed by atoms with Gasteiger partial charge in [0.15, 0.2) is 11.6 Å². The summed E-state index contributed by atoms with van der Waals surface area (Å²) < 4.78 is 0. The van der Waals surface area contributed by atoms with Crippen molar-refractivity contribution in [2.24, 2.45) is 10.8 Å². The minimum atomic E-state index is -0.744. The van der Waals surface area contributed by atoms with Gasteiger partial charge >= 0.3 is 0 Å². The number of rotatable bonds is 0. The second-order valence-corrected chi connectivity index (χ2v) is 5.83. The summed E-state index contributed by atoms with van der Waals surface area (Å²) >= 11 is 0. The SMILES string of the molecule is CC1=CC2(CC(C)(C)C1)C(=O)CCC2=O. The average Bonchev–Trinajstić information content (AvgIpc) is 2.30. The molecule has 2 heteroatoms. The van der Waals surface area contributed by atoms with Gasteiger partial charge < -0.3 is 0 Å². The molecular weight excluding hydrogens is 188 g/mol. The highest BCUT2D eigenvalue weighted by atomic mass is 16.2. The average molecular weight is 206 g/mol. The fraction of sp³-hybridized carbons (Fsp3) is 0.692. The van der Waals surface area contributed by atoms with Crippen LogP contribution in [0.2, 0.25) is 0 Å². The number of carbonyl (C=O) groups is 2. The third kappa shape index (κ3) is 1.56. The summed E-state index contributed by atoms with van der Waals surface area (Å²) in [6.07, 6.45) is 4.53. The van der Waals surface area contributed by atoms with Gasteiger partial charge in [-0.15, -0.1) is 0 Å². The van der Waals surface area contributed by atoms with Gasteiger partial charge in [-0.3, -0.25) is 9.59 Å². The first-order valence-corrected chi connectivity index (χ1v) is 5.61. The molecule has 0 heterocycles. The first kappa shape index (κ1) is 10.6. The third-order valence-electron chi connectivity index (χ3n) is 3.58. The molecule has 0 aromatic heterocycles. The Labute approximate surface area is 90.7 Å². The van der Waals surface area contributed by atoms with E-state index in [1.165, 1.54) is 5.57 Å². The molecule has 1 spiro atoms. The number of hydrogen-bond acceptors (Lipinski definition) is 2. The van der Waals surface area contributed by atoms with Crippen LogP contribution in [0.1, 0.15) is 46.5 Å². The highest BCUT2D eigenvalue weighted by Crippen LogP contribution is 2.49. The first-order chi connectivity index (χ1) is 6.86. The largest absolute Gasteiger partial charge is 0.298 e. The van der Waals surface area contributed by atoms with E-state index in [1.54, 1.807) is 0 Å². The van der Waals surface area contributed by atoms with E-state index in [2.05, 4.69) is 13.8 Å². The van der Waals surface area contributed by atoms with E-state index in [1.807, 2.05) is 13.0 Å². The van der Waals surface area contributed by atoms with Crippen molar-refractivity contribution in [3.63, 3.8) is 0 Å². The van der Waals surface area contributed by atoms with Gasteiger partial charge in [-0.2, -0.15) is 0 Å². The van der Waals surface area contributed by atoms with E-state index in [4.69, 9.17) is 0 Å². The van der Waals surface area contributed by atoms with E-state index in [9.17, 15) is 9.59 Å². The molecule has 15 heavy (non-hydrogen) atoms. The Hall–Kier alpha value is -0.920. The van der Waals surface area contributed by atoms with Crippen LogP contribution in [0, 0.1) is 10.8 Å². The van der Waals surface area contributed by atoms with Gasteiger partial charge in [0.25, 0.3) is 0 Å². The Balaban J connectivity index is 2.48. The van der Waals surface area contributed by atoms with Gasteiger partial charge in [0.1, 0.15) is 5.41 Å². The monoisotopic (exact) mass is 206 g/mol. The zero-order valence-corrected chi connectivity index (χ0v) is 9.72. The molecule has 0 radical (unpaired) electrons. The fourth-order valence-electron chi connectivity index (χ4n) is 3.28. The molecule has 2 aliphatic rings. The molecule has 0 atom stereocenters. The molecule has 82 valence electrons. The first-order valence-electron chi connectivity index (χ1n) is 5.61. The van der Waals surface area contributed by atoms with E-state index in [0.29, 0.717) is 19.3 Å². The summed E-state index contributed by atoms with van der Waals surface area (Å²) in [5.41, 5.74) is 0.523. The summed E-state index contributed by atoms with van der Waals surface area (Å²) in [5.74, 6) is 0.277. The van der Waals surface area contributed by atoms with E-state index in [0.717, 1.165) is 6.42 Å². The van der Waals surface area contributed by atoms with Crippen LogP contribution >= 0.6 is 0 Å². The third-order valence-corrected chi connectivity index (χ3v) is 3.58. The maximum Gasteiger partial charge on any atom is 0.150 e. The molecule has 1 fully saturated rings. The molecule has 0 amide bonds. The van der Waals surface area contributed by atoms with E-state index >= 15 is 0 Å². The quantitative estimate of drug-likeness (QED) is 0.451. The van der Waals surface area contributed by atoms with Gasteiger partial charge in [0.2, 0.25) is 0 Å². The fourth-order valence-corrected chi connectivity index (χ4v) is 3.28. The number of ketones is 2. The number of Topliss-reactive ketones (excluding diaryl/α,β-unsaturated/α-hetero) is 2. The second kappa shape index (κ2) is 3.03. The van der Waals surface area contributed by atoms with Crippen LogP contribution in [-0.4, -0.2) is 11.6 Å². The Morgan fingerprint density at radius 1 is 1.13 bits per heavy atom. The summed E-state index contributed by atoms with van der Waals surface area (Å²) in [7, 11) is 0. The predicted molar refractivity (Wildman–Crippen MR) is 58.5 cm³/mol. The Morgan fingerprint density at radius 3 is 2.13 bits per heavy atom. The molecule has 2 aliphatic carbocycles. The van der Waals surface area contributed by atoms with Crippen LogP contribution in [0.4, 0.5) is 0 Å². The van der Waals surface area contributed by atoms with Crippen LogP contribution in [-0.2, 0) is 9.59 Å². The lowest BCUT2D eigenvalue weighted by Crippen LogP contribution is -2.39. The highest BCUT2D eigenvalue weighted by Gasteiger charge is 2.52. The molecule has 2 rings (SSSR count). The topological polar surface area (TPSA) is 34.1 Å². The van der Waals surface area contributed by atoms with Gasteiger partial charge in [0.05, 0.1) is 0 Å². The minimum Gasteiger partial charge on any atom is -0.298 e. The molecule has 0 saturated heterocycles. The predicted octanol–water partition coefficient (Wildman–Crippen LogP) is 2.67. The zero-order chi connectivity index (χ0) is 11.3.